The van der Waals surface area contributed by atoms with Crippen molar-refractivity contribution in [2.45, 2.75) is 26.3 Å². The molecular weight excluding hydrogens is 360 g/mol. The van der Waals surface area contributed by atoms with Crippen LogP contribution >= 0.6 is 22.7 Å². The van der Waals surface area contributed by atoms with Crippen molar-refractivity contribution < 1.29 is 4.79 Å². The summed E-state index contributed by atoms with van der Waals surface area (Å²) in [5.41, 5.74) is 4.51. The SMILES string of the molecule is Cc1cccc(C)c1NC(=O)CN1CCc2sccc2C1c1cccs1. The molecule has 2 aromatic heterocycles. The van der Waals surface area contributed by atoms with Gasteiger partial charge in [0.15, 0.2) is 0 Å². The zero-order valence-electron chi connectivity index (χ0n) is 15.0. The largest absolute Gasteiger partial charge is 0.324 e. The van der Waals surface area contributed by atoms with Crippen molar-refractivity contribution in [1.82, 2.24) is 4.90 Å². The van der Waals surface area contributed by atoms with E-state index in [0.29, 0.717) is 6.54 Å². The molecule has 0 aliphatic carbocycles. The molecule has 0 radical (unpaired) electrons. The lowest BCUT2D eigenvalue weighted by Gasteiger charge is -2.35. The Morgan fingerprint density at radius 3 is 2.65 bits per heavy atom. The van der Waals surface area contributed by atoms with E-state index in [1.165, 1.54) is 15.3 Å². The summed E-state index contributed by atoms with van der Waals surface area (Å²) in [4.78, 5) is 17.9. The lowest BCUT2D eigenvalue weighted by atomic mass is 9.98. The fraction of sp³-hybridized carbons (Fsp3) is 0.286. The van der Waals surface area contributed by atoms with Crippen molar-refractivity contribution in [1.29, 1.82) is 0 Å². The number of fused-ring (bicyclic) bond motifs is 1. The average Bonchev–Trinajstić information content (AvgIpc) is 3.29. The number of thiophene rings is 2. The van der Waals surface area contributed by atoms with Gasteiger partial charge in [0.05, 0.1) is 12.6 Å². The Morgan fingerprint density at radius 2 is 1.92 bits per heavy atom. The van der Waals surface area contributed by atoms with Crippen molar-refractivity contribution in [2.24, 2.45) is 0 Å². The van der Waals surface area contributed by atoms with Crippen molar-refractivity contribution >= 4 is 34.3 Å². The lowest BCUT2D eigenvalue weighted by Crippen LogP contribution is -2.40. The van der Waals surface area contributed by atoms with Crippen LogP contribution in [0.25, 0.3) is 0 Å². The molecule has 0 saturated heterocycles. The topological polar surface area (TPSA) is 32.3 Å². The summed E-state index contributed by atoms with van der Waals surface area (Å²) in [6, 6.07) is 12.8. The Balaban J connectivity index is 1.56. The van der Waals surface area contributed by atoms with Crippen LogP contribution in [0, 0.1) is 13.8 Å². The molecule has 134 valence electrons. The number of aryl methyl sites for hydroxylation is 2. The number of anilines is 1. The molecule has 0 fully saturated rings. The highest BCUT2D eigenvalue weighted by Gasteiger charge is 2.31. The van der Waals surface area contributed by atoms with E-state index in [9.17, 15) is 4.79 Å². The molecule has 0 bridgehead atoms. The van der Waals surface area contributed by atoms with E-state index in [1.807, 2.05) is 43.4 Å². The molecular formula is C21H22N2OS2. The molecule has 0 spiro atoms. The Bertz CT molecular complexity index is 894. The Hall–Kier alpha value is -1.95. The van der Waals surface area contributed by atoms with E-state index in [4.69, 9.17) is 0 Å². The monoisotopic (exact) mass is 382 g/mol. The minimum absolute atomic E-state index is 0.0580. The summed E-state index contributed by atoms with van der Waals surface area (Å²) in [6.45, 7) is 5.40. The van der Waals surface area contributed by atoms with Gasteiger partial charge in [-0.05, 0) is 59.9 Å². The highest BCUT2D eigenvalue weighted by Crippen LogP contribution is 2.39. The second-order valence-corrected chi connectivity index (χ2v) is 8.73. The van der Waals surface area contributed by atoms with Gasteiger partial charge in [0.2, 0.25) is 5.91 Å². The normalized spacial score (nSPS) is 17.1. The third-order valence-electron chi connectivity index (χ3n) is 4.97. The first kappa shape index (κ1) is 17.5. The molecule has 1 atom stereocenters. The number of hydrogen-bond donors (Lipinski definition) is 1. The van der Waals surface area contributed by atoms with Gasteiger partial charge in [0.1, 0.15) is 0 Å². The molecule has 1 aliphatic heterocycles. The zero-order valence-corrected chi connectivity index (χ0v) is 16.6. The van der Waals surface area contributed by atoms with Gasteiger partial charge >= 0.3 is 0 Å². The molecule has 4 rings (SSSR count). The molecule has 1 amide bonds. The van der Waals surface area contributed by atoms with Gasteiger partial charge in [-0.25, -0.2) is 0 Å². The Kier molecular flexibility index (Phi) is 4.94. The molecule has 3 nitrogen and oxygen atoms in total. The van der Waals surface area contributed by atoms with Gasteiger partial charge in [-0.3, -0.25) is 9.69 Å². The second-order valence-electron chi connectivity index (χ2n) is 6.75. The van der Waals surface area contributed by atoms with E-state index in [2.05, 4.69) is 39.2 Å². The first-order valence-electron chi connectivity index (χ1n) is 8.83. The molecule has 0 saturated carbocycles. The standard InChI is InChI=1S/C21H22N2OS2/c1-14-5-3-6-15(2)20(14)22-19(24)13-23-10-8-17-16(9-12-26-17)21(23)18-7-4-11-25-18/h3-7,9,11-12,21H,8,10,13H2,1-2H3,(H,22,24). The van der Waals surface area contributed by atoms with Crippen molar-refractivity contribution in [3.8, 4) is 0 Å². The quantitative estimate of drug-likeness (QED) is 0.688. The Morgan fingerprint density at radius 1 is 1.12 bits per heavy atom. The van der Waals surface area contributed by atoms with Crippen LogP contribution in [0.4, 0.5) is 5.69 Å². The molecule has 5 heteroatoms. The highest BCUT2D eigenvalue weighted by molar-refractivity contribution is 7.10. The predicted molar refractivity (Wildman–Crippen MR) is 110 cm³/mol. The van der Waals surface area contributed by atoms with Crippen molar-refractivity contribution in [3.63, 3.8) is 0 Å². The first-order chi connectivity index (χ1) is 12.6. The van der Waals surface area contributed by atoms with Crippen LogP contribution in [0.5, 0.6) is 0 Å². The summed E-state index contributed by atoms with van der Waals surface area (Å²) in [6.07, 6.45) is 1.02. The number of carbonyl (C=O) groups is 1. The first-order valence-corrected chi connectivity index (χ1v) is 10.6. The van der Waals surface area contributed by atoms with Crippen LogP contribution in [-0.2, 0) is 11.2 Å². The van der Waals surface area contributed by atoms with E-state index in [-0.39, 0.29) is 11.9 Å². The van der Waals surface area contributed by atoms with Crippen LogP contribution in [0.2, 0.25) is 0 Å². The van der Waals surface area contributed by atoms with Gasteiger partial charge in [-0.15, -0.1) is 22.7 Å². The number of hydrogen-bond acceptors (Lipinski definition) is 4. The maximum Gasteiger partial charge on any atom is 0.238 e. The summed E-state index contributed by atoms with van der Waals surface area (Å²) in [5.74, 6) is 0.0580. The lowest BCUT2D eigenvalue weighted by molar-refractivity contribution is -0.117. The van der Waals surface area contributed by atoms with Gasteiger partial charge < -0.3 is 5.32 Å². The third-order valence-corrected chi connectivity index (χ3v) is 6.89. The number of benzene rings is 1. The van der Waals surface area contributed by atoms with Crippen molar-refractivity contribution in [2.75, 3.05) is 18.4 Å². The average molecular weight is 383 g/mol. The molecule has 3 heterocycles. The molecule has 1 unspecified atom stereocenters. The molecule has 26 heavy (non-hydrogen) atoms. The number of rotatable bonds is 4. The molecule has 1 N–H and O–H groups in total. The van der Waals surface area contributed by atoms with Crippen molar-refractivity contribution in [3.05, 3.63) is 73.6 Å². The number of carbonyl (C=O) groups excluding carboxylic acids is 1. The van der Waals surface area contributed by atoms with Crippen LogP contribution in [0.1, 0.15) is 32.5 Å². The smallest absolute Gasteiger partial charge is 0.238 e. The predicted octanol–water partition coefficient (Wildman–Crippen LogP) is 5.01. The van der Waals surface area contributed by atoms with E-state index < -0.39 is 0 Å². The number of nitrogens with one attached hydrogen (secondary N) is 1. The van der Waals surface area contributed by atoms with Gasteiger partial charge in [0, 0.05) is 22.0 Å². The summed E-state index contributed by atoms with van der Waals surface area (Å²) in [7, 11) is 0. The summed E-state index contributed by atoms with van der Waals surface area (Å²) in [5, 5.41) is 7.42. The van der Waals surface area contributed by atoms with E-state index in [1.54, 1.807) is 11.3 Å². The minimum atomic E-state index is 0.0580. The van der Waals surface area contributed by atoms with Gasteiger partial charge in [-0.1, -0.05) is 24.3 Å². The van der Waals surface area contributed by atoms with Crippen LogP contribution in [0.15, 0.2) is 47.2 Å². The molecule has 1 aromatic carbocycles. The van der Waals surface area contributed by atoms with Crippen LogP contribution in [-0.4, -0.2) is 23.9 Å². The molecule has 1 aliphatic rings. The summed E-state index contributed by atoms with van der Waals surface area (Å²) < 4.78 is 0. The fourth-order valence-electron chi connectivity index (χ4n) is 3.69. The van der Waals surface area contributed by atoms with Crippen LogP contribution < -0.4 is 5.32 Å². The fourth-order valence-corrected chi connectivity index (χ4v) is 5.47. The number of nitrogens with zero attached hydrogens (tertiary/aromatic N) is 1. The second kappa shape index (κ2) is 7.35. The highest BCUT2D eigenvalue weighted by atomic mass is 32.1. The van der Waals surface area contributed by atoms with E-state index in [0.717, 1.165) is 29.8 Å². The Labute approximate surface area is 162 Å². The minimum Gasteiger partial charge on any atom is -0.324 e. The maximum atomic E-state index is 12.8. The summed E-state index contributed by atoms with van der Waals surface area (Å²) >= 11 is 3.60. The maximum absolute atomic E-state index is 12.8. The number of para-hydroxylation sites is 1. The van der Waals surface area contributed by atoms with Gasteiger partial charge in [0.25, 0.3) is 0 Å². The third kappa shape index (κ3) is 3.34. The molecule has 3 aromatic rings. The number of amides is 1. The van der Waals surface area contributed by atoms with E-state index >= 15 is 0 Å². The van der Waals surface area contributed by atoms with Gasteiger partial charge in [-0.2, -0.15) is 0 Å². The van der Waals surface area contributed by atoms with Crippen LogP contribution in [0.3, 0.4) is 0 Å². The zero-order chi connectivity index (χ0) is 18.1.